The lowest BCUT2D eigenvalue weighted by atomic mass is 10.2. The summed E-state index contributed by atoms with van der Waals surface area (Å²) >= 11 is 0. The van der Waals surface area contributed by atoms with Gasteiger partial charge < -0.3 is 5.32 Å². The van der Waals surface area contributed by atoms with Crippen molar-refractivity contribution in [1.82, 2.24) is 30.4 Å². The normalized spacial score (nSPS) is 17.6. The van der Waals surface area contributed by atoms with Gasteiger partial charge in [0, 0.05) is 5.56 Å². The zero-order valence-electron chi connectivity index (χ0n) is 16.1. The molecule has 0 aliphatic carbocycles. The Morgan fingerprint density at radius 1 is 1.14 bits per heavy atom. The summed E-state index contributed by atoms with van der Waals surface area (Å²) in [6.07, 6.45) is -0.304. The SMILES string of the molecule is O=C(NCC(F)(F)F)C1CCCN1CCCCCn1nnc(-c2ccccc2)n1. The molecule has 158 valence electrons. The van der Waals surface area contributed by atoms with Crippen molar-refractivity contribution < 1.29 is 18.0 Å². The number of rotatable bonds is 9. The van der Waals surface area contributed by atoms with E-state index in [1.54, 1.807) is 4.80 Å². The van der Waals surface area contributed by atoms with Crippen molar-refractivity contribution in [2.75, 3.05) is 19.6 Å². The number of hydrogen-bond acceptors (Lipinski definition) is 5. The number of benzene rings is 1. The average molecular weight is 410 g/mol. The summed E-state index contributed by atoms with van der Waals surface area (Å²) in [5, 5.41) is 14.5. The van der Waals surface area contributed by atoms with Gasteiger partial charge in [-0.25, -0.2) is 0 Å². The highest BCUT2D eigenvalue weighted by molar-refractivity contribution is 5.82. The van der Waals surface area contributed by atoms with E-state index < -0.39 is 24.7 Å². The van der Waals surface area contributed by atoms with Crippen molar-refractivity contribution in [2.45, 2.75) is 50.9 Å². The van der Waals surface area contributed by atoms with Gasteiger partial charge in [-0.15, -0.1) is 10.2 Å². The quantitative estimate of drug-likeness (QED) is 0.644. The third-order valence-electron chi connectivity index (χ3n) is 4.92. The van der Waals surface area contributed by atoms with E-state index in [1.165, 1.54) is 0 Å². The lowest BCUT2D eigenvalue weighted by Crippen LogP contribution is -2.46. The van der Waals surface area contributed by atoms with Crippen molar-refractivity contribution in [3.8, 4) is 11.4 Å². The molecule has 2 heterocycles. The second-order valence-electron chi connectivity index (χ2n) is 7.16. The molecule has 1 N–H and O–H groups in total. The number of aromatic nitrogens is 4. The van der Waals surface area contributed by atoms with Crippen LogP contribution >= 0.6 is 0 Å². The number of unbranched alkanes of at least 4 members (excludes halogenated alkanes) is 2. The molecule has 2 aromatic rings. The standard InChI is InChI=1S/C19H25F3N6O/c20-19(21,22)14-23-18(29)16-10-7-12-27(16)11-5-2-6-13-28-25-17(24-26-28)15-8-3-1-4-9-15/h1,3-4,8-9,16H,2,5-7,10-14H2,(H,23,29). The first kappa shape index (κ1) is 21.2. The van der Waals surface area contributed by atoms with Gasteiger partial charge >= 0.3 is 6.18 Å². The molecule has 3 rings (SSSR count). The fraction of sp³-hybridized carbons (Fsp3) is 0.579. The molecule has 1 unspecified atom stereocenters. The highest BCUT2D eigenvalue weighted by atomic mass is 19.4. The number of halogens is 3. The number of amides is 1. The first-order chi connectivity index (χ1) is 13.9. The van der Waals surface area contributed by atoms with Gasteiger partial charge in [-0.3, -0.25) is 9.69 Å². The van der Waals surface area contributed by atoms with Crippen LogP contribution in [0.5, 0.6) is 0 Å². The maximum Gasteiger partial charge on any atom is 0.405 e. The number of carbonyl (C=O) groups excluding carboxylic acids is 1. The Morgan fingerprint density at radius 2 is 1.90 bits per heavy atom. The van der Waals surface area contributed by atoms with Gasteiger partial charge in [-0.1, -0.05) is 36.8 Å². The Hall–Kier alpha value is -2.49. The molecular weight excluding hydrogens is 385 g/mol. The Morgan fingerprint density at radius 3 is 2.66 bits per heavy atom. The van der Waals surface area contributed by atoms with Gasteiger partial charge in [0.05, 0.1) is 12.6 Å². The molecule has 1 aromatic carbocycles. The van der Waals surface area contributed by atoms with E-state index in [9.17, 15) is 18.0 Å². The Labute approximate surface area is 167 Å². The van der Waals surface area contributed by atoms with Crippen molar-refractivity contribution in [1.29, 1.82) is 0 Å². The summed E-state index contributed by atoms with van der Waals surface area (Å²) in [5.41, 5.74) is 0.919. The van der Waals surface area contributed by atoms with Crippen LogP contribution in [0.1, 0.15) is 32.1 Å². The minimum Gasteiger partial charge on any atom is -0.346 e. The fourth-order valence-corrected chi connectivity index (χ4v) is 3.48. The number of nitrogens with zero attached hydrogens (tertiary/aromatic N) is 5. The van der Waals surface area contributed by atoms with Gasteiger partial charge in [0.1, 0.15) is 6.54 Å². The molecule has 1 aliphatic heterocycles. The van der Waals surface area contributed by atoms with Crippen LogP contribution in [0.4, 0.5) is 13.2 Å². The van der Waals surface area contributed by atoms with Crippen LogP contribution in [0.3, 0.4) is 0 Å². The summed E-state index contributed by atoms with van der Waals surface area (Å²) in [5.74, 6) is 0.0652. The molecule has 0 spiro atoms. The molecule has 0 saturated carbocycles. The number of aryl methyl sites for hydroxylation is 1. The summed E-state index contributed by atoms with van der Waals surface area (Å²) < 4.78 is 36.8. The molecule has 0 bridgehead atoms. The summed E-state index contributed by atoms with van der Waals surface area (Å²) in [7, 11) is 0. The van der Waals surface area contributed by atoms with Gasteiger partial charge in [0.2, 0.25) is 11.7 Å². The van der Waals surface area contributed by atoms with Crippen LogP contribution in [0.15, 0.2) is 30.3 Å². The maximum absolute atomic E-state index is 12.3. The Bertz CT molecular complexity index is 780. The van der Waals surface area contributed by atoms with Gasteiger partial charge in [-0.2, -0.15) is 18.0 Å². The first-order valence-corrected chi connectivity index (χ1v) is 9.84. The molecular formula is C19H25F3N6O. The summed E-state index contributed by atoms with van der Waals surface area (Å²) in [6, 6.07) is 9.18. The van der Waals surface area contributed by atoms with Crippen LogP contribution < -0.4 is 5.32 Å². The van der Waals surface area contributed by atoms with Crippen molar-refractivity contribution in [3.63, 3.8) is 0 Å². The Balaban J connectivity index is 1.36. The number of nitrogens with one attached hydrogen (secondary N) is 1. The van der Waals surface area contributed by atoms with Crippen molar-refractivity contribution in [3.05, 3.63) is 30.3 Å². The molecule has 1 aromatic heterocycles. The van der Waals surface area contributed by atoms with Crippen molar-refractivity contribution in [2.24, 2.45) is 0 Å². The van der Waals surface area contributed by atoms with Gasteiger partial charge in [0.25, 0.3) is 0 Å². The van der Waals surface area contributed by atoms with E-state index in [4.69, 9.17) is 0 Å². The molecule has 1 amide bonds. The molecule has 1 aliphatic rings. The third-order valence-corrected chi connectivity index (χ3v) is 4.92. The summed E-state index contributed by atoms with van der Waals surface area (Å²) in [4.78, 5) is 15.6. The van der Waals surface area contributed by atoms with Crippen LogP contribution in [0.25, 0.3) is 11.4 Å². The van der Waals surface area contributed by atoms with E-state index in [2.05, 4.69) is 15.4 Å². The Kier molecular flexibility index (Phi) is 7.18. The number of carbonyl (C=O) groups is 1. The molecule has 1 saturated heterocycles. The van der Waals surface area contributed by atoms with Crippen molar-refractivity contribution >= 4 is 5.91 Å². The van der Waals surface area contributed by atoms with E-state index >= 15 is 0 Å². The molecule has 0 radical (unpaired) electrons. The molecule has 7 nitrogen and oxygen atoms in total. The minimum absolute atomic E-state index is 0.456. The first-order valence-electron chi connectivity index (χ1n) is 9.84. The third kappa shape index (κ3) is 6.52. The van der Waals surface area contributed by atoms with Gasteiger partial charge in [-0.05, 0) is 44.0 Å². The average Bonchev–Trinajstić information content (AvgIpc) is 3.35. The minimum atomic E-state index is -4.38. The second kappa shape index (κ2) is 9.82. The number of tetrazole rings is 1. The largest absolute Gasteiger partial charge is 0.405 e. The summed E-state index contributed by atoms with van der Waals surface area (Å²) in [6.45, 7) is 0.820. The maximum atomic E-state index is 12.3. The van der Waals surface area contributed by atoms with Crippen LogP contribution in [-0.4, -0.2) is 62.9 Å². The molecule has 29 heavy (non-hydrogen) atoms. The zero-order chi connectivity index (χ0) is 20.7. The monoisotopic (exact) mass is 410 g/mol. The van der Waals surface area contributed by atoms with E-state index in [0.29, 0.717) is 25.3 Å². The lowest BCUT2D eigenvalue weighted by Gasteiger charge is -2.23. The highest BCUT2D eigenvalue weighted by Gasteiger charge is 2.33. The fourth-order valence-electron chi connectivity index (χ4n) is 3.48. The van der Waals surface area contributed by atoms with E-state index in [0.717, 1.165) is 37.8 Å². The van der Waals surface area contributed by atoms with E-state index in [1.807, 2.05) is 40.5 Å². The predicted molar refractivity (Wildman–Crippen MR) is 101 cm³/mol. The topological polar surface area (TPSA) is 75.9 Å². The van der Waals surface area contributed by atoms with Crippen LogP contribution in [-0.2, 0) is 11.3 Å². The molecule has 1 atom stereocenters. The number of likely N-dealkylation sites (tertiary alicyclic amines) is 1. The highest BCUT2D eigenvalue weighted by Crippen LogP contribution is 2.19. The lowest BCUT2D eigenvalue weighted by molar-refractivity contribution is -0.141. The smallest absolute Gasteiger partial charge is 0.346 e. The van der Waals surface area contributed by atoms with E-state index in [-0.39, 0.29) is 0 Å². The second-order valence-corrected chi connectivity index (χ2v) is 7.16. The van der Waals surface area contributed by atoms with Crippen LogP contribution in [0.2, 0.25) is 0 Å². The number of hydrogen-bond donors (Lipinski definition) is 1. The van der Waals surface area contributed by atoms with Gasteiger partial charge in [0.15, 0.2) is 0 Å². The number of alkyl halides is 3. The molecule has 10 heteroatoms. The molecule has 1 fully saturated rings. The zero-order valence-corrected chi connectivity index (χ0v) is 16.1. The predicted octanol–water partition coefficient (Wildman–Crippen LogP) is 2.65. The van der Waals surface area contributed by atoms with Crippen LogP contribution in [0, 0.1) is 0 Å².